The summed E-state index contributed by atoms with van der Waals surface area (Å²) in [6.07, 6.45) is 1.54. The van der Waals surface area contributed by atoms with Gasteiger partial charge in [-0.15, -0.1) is 10.2 Å². The Morgan fingerprint density at radius 3 is 2.48 bits per heavy atom. The van der Waals surface area contributed by atoms with Crippen molar-refractivity contribution in [2.75, 3.05) is 21.5 Å². The Kier molecular flexibility index (Phi) is 5.31. The van der Waals surface area contributed by atoms with E-state index < -0.39 is 10.0 Å². The number of hydrogen-bond donors (Lipinski definition) is 2. The quantitative estimate of drug-likeness (QED) is 0.814. The van der Waals surface area contributed by atoms with Crippen LogP contribution in [0.25, 0.3) is 0 Å². The maximum absolute atomic E-state index is 12.7. The molecule has 9 heteroatoms. The van der Waals surface area contributed by atoms with Gasteiger partial charge in [-0.3, -0.25) is 9.52 Å². The monoisotopic (exact) mass is 389 g/mol. The van der Waals surface area contributed by atoms with Crippen molar-refractivity contribution in [3.05, 3.63) is 35.9 Å². The van der Waals surface area contributed by atoms with Crippen molar-refractivity contribution >= 4 is 33.3 Å². The molecule has 0 unspecified atom stereocenters. The Morgan fingerprint density at radius 1 is 1.15 bits per heavy atom. The van der Waals surface area contributed by atoms with Gasteiger partial charge in [0.15, 0.2) is 5.82 Å². The van der Waals surface area contributed by atoms with Crippen molar-refractivity contribution < 1.29 is 13.2 Å². The summed E-state index contributed by atoms with van der Waals surface area (Å²) in [4.78, 5) is 13.6. The Hall–Kier alpha value is -2.68. The van der Waals surface area contributed by atoms with Gasteiger partial charge in [-0.1, -0.05) is 0 Å². The largest absolute Gasteiger partial charge is 0.366 e. The van der Waals surface area contributed by atoms with E-state index >= 15 is 0 Å². The summed E-state index contributed by atoms with van der Waals surface area (Å²) < 4.78 is 27.8. The molecular formula is C18H23N5O3S. The molecular weight excluding hydrogens is 366 g/mol. The highest BCUT2D eigenvalue weighted by Gasteiger charge is 2.23. The fraction of sp³-hybridized carbons (Fsp3) is 0.389. The molecule has 1 aliphatic heterocycles. The number of fused-ring (bicyclic) bond motifs is 1. The number of carbonyl (C=O) groups excluding carboxylic acids is 1. The van der Waals surface area contributed by atoms with Crippen molar-refractivity contribution in [1.82, 2.24) is 10.2 Å². The second-order valence-electron chi connectivity index (χ2n) is 6.77. The van der Waals surface area contributed by atoms with Crippen LogP contribution >= 0.6 is 0 Å². The zero-order valence-corrected chi connectivity index (χ0v) is 16.4. The lowest BCUT2D eigenvalue weighted by molar-refractivity contribution is -0.116. The second kappa shape index (κ2) is 7.51. The highest BCUT2D eigenvalue weighted by Crippen LogP contribution is 2.30. The smallest absolute Gasteiger partial charge is 0.263 e. The van der Waals surface area contributed by atoms with Crippen LogP contribution in [0.15, 0.2) is 35.2 Å². The van der Waals surface area contributed by atoms with Crippen LogP contribution in [0, 0.1) is 0 Å². The van der Waals surface area contributed by atoms with E-state index in [1.54, 1.807) is 29.2 Å². The Morgan fingerprint density at radius 2 is 1.85 bits per heavy atom. The third-order valence-electron chi connectivity index (χ3n) is 4.20. The summed E-state index contributed by atoms with van der Waals surface area (Å²) >= 11 is 0. The minimum atomic E-state index is -3.80. The zero-order chi connectivity index (χ0) is 19.6. The van der Waals surface area contributed by atoms with Crippen LogP contribution in [0.5, 0.6) is 0 Å². The van der Waals surface area contributed by atoms with Gasteiger partial charge >= 0.3 is 0 Å². The lowest BCUT2D eigenvalue weighted by Crippen LogP contribution is -2.33. The number of aromatic nitrogens is 2. The number of carbonyl (C=O) groups is 1. The maximum atomic E-state index is 12.7. The Balaban J connectivity index is 1.82. The standard InChI is InChI=1S/C18H23N5O3S/c1-12(2)19-17-8-9-18(21-20-17)22-27(25,26)15-6-7-16-14(11-15)5-4-10-23(16)13(3)24/h6-9,11-12H,4-5,10H2,1-3H3,(H,19,20)(H,21,22). The van der Waals surface area contributed by atoms with Crippen molar-refractivity contribution in [3.63, 3.8) is 0 Å². The molecule has 0 saturated heterocycles. The van der Waals surface area contributed by atoms with Crippen LogP contribution in [-0.4, -0.2) is 37.1 Å². The molecule has 0 bridgehead atoms. The van der Waals surface area contributed by atoms with E-state index in [1.165, 1.54) is 13.0 Å². The van der Waals surface area contributed by atoms with E-state index in [1.807, 2.05) is 13.8 Å². The first-order chi connectivity index (χ1) is 12.8. The Bertz CT molecular complexity index is 942. The van der Waals surface area contributed by atoms with E-state index in [2.05, 4.69) is 20.2 Å². The summed E-state index contributed by atoms with van der Waals surface area (Å²) in [5, 5.41) is 11.0. The van der Waals surface area contributed by atoms with Crippen LogP contribution < -0.4 is 14.9 Å². The molecule has 1 aromatic heterocycles. The minimum Gasteiger partial charge on any atom is -0.366 e. The second-order valence-corrected chi connectivity index (χ2v) is 8.46. The van der Waals surface area contributed by atoms with Gasteiger partial charge in [0.1, 0.15) is 5.82 Å². The topological polar surface area (TPSA) is 104 Å². The highest BCUT2D eigenvalue weighted by molar-refractivity contribution is 7.92. The van der Waals surface area contributed by atoms with Crippen molar-refractivity contribution in [1.29, 1.82) is 0 Å². The third-order valence-corrected chi connectivity index (χ3v) is 5.55. The summed E-state index contributed by atoms with van der Waals surface area (Å²) in [7, 11) is -3.80. The molecule has 2 aromatic rings. The van der Waals surface area contributed by atoms with Crippen LogP contribution in [0.4, 0.5) is 17.3 Å². The number of nitrogens with zero attached hydrogens (tertiary/aromatic N) is 3. The van der Waals surface area contributed by atoms with Gasteiger partial charge < -0.3 is 10.2 Å². The fourth-order valence-electron chi connectivity index (χ4n) is 3.02. The number of nitrogens with one attached hydrogen (secondary N) is 2. The van der Waals surface area contributed by atoms with Crippen LogP contribution in [0.1, 0.15) is 32.8 Å². The van der Waals surface area contributed by atoms with Crippen LogP contribution in [-0.2, 0) is 21.2 Å². The van der Waals surface area contributed by atoms with Gasteiger partial charge in [0.2, 0.25) is 5.91 Å². The predicted molar refractivity (Wildman–Crippen MR) is 104 cm³/mol. The number of aryl methyl sites for hydroxylation is 1. The number of rotatable bonds is 5. The average molecular weight is 389 g/mol. The molecule has 144 valence electrons. The normalized spacial score (nSPS) is 14.0. The minimum absolute atomic E-state index is 0.0462. The van der Waals surface area contributed by atoms with Crippen LogP contribution in [0.3, 0.4) is 0 Å². The molecule has 0 spiro atoms. The molecule has 2 heterocycles. The molecule has 2 N–H and O–H groups in total. The summed E-state index contributed by atoms with van der Waals surface area (Å²) in [6, 6.07) is 8.24. The van der Waals surface area contributed by atoms with Gasteiger partial charge in [-0.2, -0.15) is 0 Å². The number of benzene rings is 1. The molecule has 27 heavy (non-hydrogen) atoms. The molecule has 0 saturated carbocycles. The molecule has 1 aliphatic rings. The molecule has 0 radical (unpaired) electrons. The highest BCUT2D eigenvalue weighted by atomic mass is 32.2. The number of hydrogen-bond acceptors (Lipinski definition) is 6. The summed E-state index contributed by atoms with van der Waals surface area (Å²) in [6.45, 7) is 6.11. The molecule has 0 atom stereocenters. The van der Waals surface area contributed by atoms with E-state index in [9.17, 15) is 13.2 Å². The van der Waals surface area contributed by atoms with E-state index in [0.29, 0.717) is 12.4 Å². The van der Waals surface area contributed by atoms with Gasteiger partial charge in [0, 0.05) is 25.2 Å². The number of anilines is 3. The summed E-state index contributed by atoms with van der Waals surface area (Å²) in [5.41, 5.74) is 1.62. The fourth-order valence-corrected chi connectivity index (χ4v) is 4.07. The van der Waals surface area contributed by atoms with Gasteiger partial charge in [0.05, 0.1) is 4.90 Å². The average Bonchev–Trinajstić information content (AvgIpc) is 2.61. The Labute approximate surface area is 159 Å². The van der Waals surface area contributed by atoms with Gasteiger partial charge in [0.25, 0.3) is 10.0 Å². The van der Waals surface area contributed by atoms with Gasteiger partial charge in [-0.05, 0) is 62.6 Å². The lowest BCUT2D eigenvalue weighted by Gasteiger charge is -2.28. The molecule has 0 aliphatic carbocycles. The van der Waals surface area contributed by atoms with E-state index in [4.69, 9.17) is 0 Å². The van der Waals surface area contributed by atoms with E-state index in [-0.39, 0.29) is 22.7 Å². The van der Waals surface area contributed by atoms with E-state index in [0.717, 1.165) is 24.1 Å². The summed E-state index contributed by atoms with van der Waals surface area (Å²) in [5.74, 6) is 0.675. The molecule has 1 amide bonds. The molecule has 0 fully saturated rings. The first-order valence-corrected chi connectivity index (χ1v) is 10.3. The molecule has 1 aromatic carbocycles. The first-order valence-electron chi connectivity index (χ1n) is 8.80. The van der Waals surface area contributed by atoms with Crippen molar-refractivity contribution in [2.45, 2.75) is 44.6 Å². The van der Waals surface area contributed by atoms with Gasteiger partial charge in [-0.25, -0.2) is 8.42 Å². The molecule has 3 rings (SSSR count). The van der Waals surface area contributed by atoms with Crippen molar-refractivity contribution in [2.24, 2.45) is 0 Å². The lowest BCUT2D eigenvalue weighted by atomic mass is 10.0. The van der Waals surface area contributed by atoms with Crippen molar-refractivity contribution in [3.8, 4) is 0 Å². The SMILES string of the molecule is CC(=O)N1CCCc2cc(S(=O)(=O)Nc3ccc(NC(C)C)nn3)ccc21. The molecule has 8 nitrogen and oxygen atoms in total. The maximum Gasteiger partial charge on any atom is 0.263 e. The number of amides is 1. The predicted octanol–water partition coefficient (Wildman–Crippen LogP) is 2.40. The van der Waals surface area contributed by atoms with Crippen LogP contribution in [0.2, 0.25) is 0 Å². The number of sulfonamides is 1. The first kappa shape index (κ1) is 19.1. The third kappa shape index (κ3) is 4.36. The zero-order valence-electron chi connectivity index (χ0n) is 15.6.